The van der Waals surface area contributed by atoms with E-state index >= 15 is 0 Å². The van der Waals surface area contributed by atoms with Crippen molar-refractivity contribution < 1.29 is 9.18 Å². The number of nitrogens with one attached hydrogen (secondary N) is 1. The Morgan fingerprint density at radius 2 is 2.00 bits per heavy atom. The lowest BCUT2D eigenvalue weighted by atomic mass is 10.2. The van der Waals surface area contributed by atoms with Crippen LogP contribution in [0.25, 0.3) is 10.2 Å². The molecule has 0 spiro atoms. The van der Waals surface area contributed by atoms with Gasteiger partial charge in [-0.25, -0.2) is 9.37 Å². The van der Waals surface area contributed by atoms with Crippen LogP contribution in [0.2, 0.25) is 0 Å². The Hall–Kier alpha value is -1.79. The molecule has 3 rings (SSSR count). The lowest BCUT2D eigenvalue weighted by Gasteiger charge is -2.04. The van der Waals surface area contributed by atoms with Crippen LogP contribution in [0.3, 0.4) is 0 Å². The highest BCUT2D eigenvalue weighted by Crippen LogP contribution is 2.27. The third-order valence-corrected chi connectivity index (χ3v) is 4.47. The van der Waals surface area contributed by atoms with Gasteiger partial charge in [0.2, 0.25) is 0 Å². The highest BCUT2D eigenvalue weighted by atomic mass is 79.9. The van der Waals surface area contributed by atoms with Crippen molar-refractivity contribution in [1.29, 1.82) is 0 Å². The van der Waals surface area contributed by atoms with Crippen LogP contribution in [-0.4, -0.2) is 10.9 Å². The second kappa shape index (κ2) is 5.30. The van der Waals surface area contributed by atoms with Crippen LogP contribution >= 0.6 is 27.3 Å². The molecule has 0 saturated heterocycles. The highest BCUT2D eigenvalue weighted by molar-refractivity contribution is 9.10. The molecule has 0 aliphatic heterocycles. The summed E-state index contributed by atoms with van der Waals surface area (Å²) in [6, 6.07) is 11.9. The minimum atomic E-state index is -0.470. The fourth-order valence-electron chi connectivity index (χ4n) is 1.77. The van der Waals surface area contributed by atoms with Gasteiger partial charge in [-0.1, -0.05) is 29.5 Å². The van der Waals surface area contributed by atoms with E-state index in [4.69, 9.17) is 0 Å². The Morgan fingerprint density at radius 1 is 1.20 bits per heavy atom. The first-order valence-electron chi connectivity index (χ1n) is 5.76. The summed E-state index contributed by atoms with van der Waals surface area (Å²) in [5, 5.41) is 3.18. The molecular weight excluding hydrogens is 343 g/mol. The lowest BCUT2D eigenvalue weighted by Crippen LogP contribution is -2.12. The summed E-state index contributed by atoms with van der Waals surface area (Å²) in [6.45, 7) is 0. The zero-order valence-corrected chi connectivity index (χ0v) is 12.5. The molecule has 100 valence electrons. The first kappa shape index (κ1) is 13.2. The molecule has 3 aromatic rings. The predicted octanol–water partition coefficient (Wildman–Crippen LogP) is 4.45. The Bertz CT molecular complexity index is 770. The van der Waals surface area contributed by atoms with Gasteiger partial charge >= 0.3 is 0 Å². The number of aromatic nitrogens is 1. The van der Waals surface area contributed by atoms with Crippen LogP contribution in [-0.2, 0) is 0 Å². The van der Waals surface area contributed by atoms with Gasteiger partial charge in [-0.15, -0.1) is 0 Å². The number of para-hydroxylation sites is 1. The van der Waals surface area contributed by atoms with E-state index in [0.717, 1.165) is 10.2 Å². The molecule has 2 aromatic carbocycles. The number of halogens is 2. The molecule has 6 heteroatoms. The van der Waals surface area contributed by atoms with Crippen molar-refractivity contribution in [3.8, 4) is 0 Å². The average Bonchev–Trinajstić information content (AvgIpc) is 2.83. The number of thiazole rings is 1. The zero-order chi connectivity index (χ0) is 14.1. The maximum absolute atomic E-state index is 13.4. The van der Waals surface area contributed by atoms with Crippen LogP contribution in [0, 0.1) is 5.82 Å². The van der Waals surface area contributed by atoms with Gasteiger partial charge in [-0.2, -0.15) is 0 Å². The third-order valence-electron chi connectivity index (χ3n) is 2.71. The lowest BCUT2D eigenvalue weighted by molar-refractivity contribution is 0.102. The van der Waals surface area contributed by atoms with Crippen molar-refractivity contribution in [1.82, 2.24) is 4.98 Å². The SMILES string of the molecule is O=C(Nc1nc2ccccc2s1)c1cccc(F)c1Br. The molecule has 0 unspecified atom stereocenters. The number of anilines is 1. The van der Waals surface area contributed by atoms with Gasteiger partial charge in [-0.3, -0.25) is 10.1 Å². The van der Waals surface area contributed by atoms with E-state index in [2.05, 4.69) is 26.2 Å². The van der Waals surface area contributed by atoms with Crippen molar-refractivity contribution in [3.63, 3.8) is 0 Å². The molecule has 0 radical (unpaired) electrons. The molecule has 1 aromatic heterocycles. The normalized spacial score (nSPS) is 10.7. The van der Waals surface area contributed by atoms with E-state index in [0.29, 0.717) is 5.13 Å². The Labute approximate surface area is 126 Å². The summed E-state index contributed by atoms with van der Waals surface area (Å²) < 4.78 is 14.5. The number of hydrogen-bond acceptors (Lipinski definition) is 3. The Balaban J connectivity index is 1.90. The fraction of sp³-hybridized carbons (Fsp3) is 0. The number of carbonyl (C=O) groups is 1. The molecule has 0 fully saturated rings. The summed E-state index contributed by atoms with van der Waals surface area (Å²) >= 11 is 4.45. The van der Waals surface area contributed by atoms with Gasteiger partial charge in [-0.05, 0) is 40.2 Å². The van der Waals surface area contributed by atoms with Gasteiger partial charge in [0, 0.05) is 0 Å². The van der Waals surface area contributed by atoms with Crippen LogP contribution in [0.1, 0.15) is 10.4 Å². The maximum Gasteiger partial charge on any atom is 0.258 e. The second-order valence-corrected chi connectivity index (χ2v) is 5.87. The third kappa shape index (κ3) is 2.44. The fourth-order valence-corrected chi connectivity index (χ4v) is 3.07. The second-order valence-electron chi connectivity index (χ2n) is 4.04. The van der Waals surface area contributed by atoms with Crippen LogP contribution < -0.4 is 5.32 Å². The first-order chi connectivity index (χ1) is 9.65. The Morgan fingerprint density at radius 3 is 2.80 bits per heavy atom. The number of carbonyl (C=O) groups excluding carboxylic acids is 1. The minimum absolute atomic E-state index is 0.151. The number of rotatable bonds is 2. The van der Waals surface area contributed by atoms with Crippen molar-refractivity contribution in [2.24, 2.45) is 0 Å². The molecular formula is C14H8BrFN2OS. The van der Waals surface area contributed by atoms with E-state index in [1.165, 1.54) is 23.5 Å². The van der Waals surface area contributed by atoms with Crippen molar-refractivity contribution >= 4 is 48.5 Å². The number of hydrogen-bond donors (Lipinski definition) is 1. The van der Waals surface area contributed by atoms with Crippen molar-refractivity contribution in [2.45, 2.75) is 0 Å². The number of fused-ring (bicyclic) bond motifs is 1. The molecule has 3 nitrogen and oxygen atoms in total. The minimum Gasteiger partial charge on any atom is -0.298 e. The number of benzene rings is 2. The zero-order valence-electron chi connectivity index (χ0n) is 10.1. The number of nitrogens with zero attached hydrogens (tertiary/aromatic N) is 1. The first-order valence-corrected chi connectivity index (χ1v) is 7.37. The summed E-state index contributed by atoms with van der Waals surface area (Å²) in [6.07, 6.45) is 0. The summed E-state index contributed by atoms with van der Waals surface area (Å²) in [5.41, 5.74) is 1.07. The smallest absolute Gasteiger partial charge is 0.258 e. The monoisotopic (exact) mass is 350 g/mol. The van der Waals surface area contributed by atoms with E-state index < -0.39 is 11.7 Å². The standard InChI is InChI=1S/C14H8BrFN2OS/c15-12-8(4-3-5-9(12)16)13(19)18-14-17-10-6-1-2-7-11(10)20-14/h1-7H,(H,17,18,19). The quantitative estimate of drug-likeness (QED) is 0.741. The molecule has 0 atom stereocenters. The van der Waals surface area contributed by atoms with Crippen molar-refractivity contribution in [2.75, 3.05) is 5.32 Å². The van der Waals surface area contributed by atoms with Gasteiger partial charge in [0.15, 0.2) is 5.13 Å². The van der Waals surface area contributed by atoms with Crippen LogP contribution in [0.15, 0.2) is 46.9 Å². The van der Waals surface area contributed by atoms with E-state index in [-0.39, 0.29) is 10.0 Å². The topological polar surface area (TPSA) is 42.0 Å². The summed E-state index contributed by atoms with van der Waals surface area (Å²) in [7, 11) is 0. The van der Waals surface area contributed by atoms with Gasteiger partial charge < -0.3 is 0 Å². The van der Waals surface area contributed by atoms with Crippen molar-refractivity contribution in [3.05, 3.63) is 58.3 Å². The van der Waals surface area contributed by atoms with E-state index in [1.54, 1.807) is 6.07 Å². The number of amides is 1. The maximum atomic E-state index is 13.4. The molecule has 1 N–H and O–H groups in total. The molecule has 0 saturated carbocycles. The summed E-state index contributed by atoms with van der Waals surface area (Å²) in [4.78, 5) is 16.4. The molecule has 0 bridgehead atoms. The van der Waals surface area contributed by atoms with E-state index in [1.807, 2.05) is 24.3 Å². The van der Waals surface area contributed by atoms with Gasteiger partial charge in [0.25, 0.3) is 5.91 Å². The van der Waals surface area contributed by atoms with E-state index in [9.17, 15) is 9.18 Å². The van der Waals surface area contributed by atoms with Crippen LogP contribution in [0.5, 0.6) is 0 Å². The predicted molar refractivity (Wildman–Crippen MR) is 81.7 cm³/mol. The summed E-state index contributed by atoms with van der Waals surface area (Å²) in [5.74, 6) is -0.864. The molecule has 20 heavy (non-hydrogen) atoms. The average molecular weight is 351 g/mol. The molecule has 0 aliphatic rings. The highest BCUT2D eigenvalue weighted by Gasteiger charge is 2.14. The van der Waals surface area contributed by atoms with Gasteiger partial charge in [0.05, 0.1) is 20.3 Å². The molecule has 1 amide bonds. The Kier molecular flexibility index (Phi) is 3.50. The van der Waals surface area contributed by atoms with Crippen LogP contribution in [0.4, 0.5) is 9.52 Å². The van der Waals surface area contributed by atoms with Gasteiger partial charge in [0.1, 0.15) is 5.82 Å². The molecule has 0 aliphatic carbocycles. The molecule has 1 heterocycles. The largest absolute Gasteiger partial charge is 0.298 e.